The summed E-state index contributed by atoms with van der Waals surface area (Å²) >= 11 is 0. The summed E-state index contributed by atoms with van der Waals surface area (Å²) in [6, 6.07) is 13.1. The van der Waals surface area contributed by atoms with Crippen LogP contribution < -0.4 is 0 Å². The highest BCUT2D eigenvalue weighted by atomic mass is 16.3. The van der Waals surface area contributed by atoms with Crippen molar-refractivity contribution in [2.24, 2.45) is 0 Å². The van der Waals surface area contributed by atoms with Gasteiger partial charge in [0.25, 0.3) is 0 Å². The second kappa shape index (κ2) is 5.76. The zero-order valence-corrected chi connectivity index (χ0v) is 11.3. The molecular weight excluding hydrogens is 238 g/mol. The van der Waals surface area contributed by atoms with Crippen LogP contribution in [-0.4, -0.2) is 22.2 Å². The fraction of sp³-hybridized carbons (Fsp3) is 0.250. The van der Waals surface area contributed by atoms with Crippen molar-refractivity contribution in [2.45, 2.75) is 20.0 Å². The number of rotatable bonds is 4. The summed E-state index contributed by atoms with van der Waals surface area (Å²) in [5.74, 6) is 0.662. The SMILES string of the molecule is Cc1cccc(CN(C)Cc2ccccc2O)c1O. The molecule has 0 aromatic heterocycles. The van der Waals surface area contributed by atoms with E-state index in [1.54, 1.807) is 6.07 Å². The Morgan fingerprint density at radius 3 is 2.26 bits per heavy atom. The fourth-order valence-corrected chi connectivity index (χ4v) is 2.13. The monoisotopic (exact) mass is 257 g/mol. The number of nitrogens with zero attached hydrogens (tertiary/aromatic N) is 1. The van der Waals surface area contributed by atoms with Crippen LogP contribution in [0.2, 0.25) is 0 Å². The molecule has 0 aliphatic carbocycles. The van der Waals surface area contributed by atoms with E-state index in [0.29, 0.717) is 24.6 Å². The molecule has 0 saturated heterocycles. The third kappa shape index (κ3) is 3.26. The zero-order valence-electron chi connectivity index (χ0n) is 11.3. The van der Waals surface area contributed by atoms with E-state index in [9.17, 15) is 10.2 Å². The number of aromatic hydroxyl groups is 2. The van der Waals surface area contributed by atoms with E-state index in [2.05, 4.69) is 4.90 Å². The lowest BCUT2D eigenvalue weighted by Crippen LogP contribution is -2.17. The second-order valence-electron chi connectivity index (χ2n) is 4.88. The fourth-order valence-electron chi connectivity index (χ4n) is 2.13. The largest absolute Gasteiger partial charge is 0.508 e. The minimum atomic E-state index is 0.308. The topological polar surface area (TPSA) is 43.7 Å². The maximum absolute atomic E-state index is 9.99. The van der Waals surface area contributed by atoms with Gasteiger partial charge in [-0.1, -0.05) is 36.4 Å². The van der Waals surface area contributed by atoms with E-state index in [-0.39, 0.29) is 0 Å². The van der Waals surface area contributed by atoms with Crippen molar-refractivity contribution >= 4 is 0 Å². The minimum absolute atomic E-state index is 0.308. The molecule has 19 heavy (non-hydrogen) atoms. The van der Waals surface area contributed by atoms with Gasteiger partial charge < -0.3 is 10.2 Å². The van der Waals surface area contributed by atoms with E-state index in [0.717, 1.165) is 16.7 Å². The molecule has 0 aliphatic heterocycles. The van der Waals surface area contributed by atoms with Crippen molar-refractivity contribution in [3.05, 3.63) is 59.2 Å². The maximum atomic E-state index is 9.99. The highest BCUT2D eigenvalue weighted by Crippen LogP contribution is 2.24. The number of benzene rings is 2. The van der Waals surface area contributed by atoms with Gasteiger partial charge >= 0.3 is 0 Å². The van der Waals surface area contributed by atoms with Crippen molar-refractivity contribution in [3.8, 4) is 11.5 Å². The number of hydrogen-bond acceptors (Lipinski definition) is 3. The molecule has 2 aromatic carbocycles. The molecule has 0 atom stereocenters. The number of para-hydroxylation sites is 2. The van der Waals surface area contributed by atoms with E-state index < -0.39 is 0 Å². The van der Waals surface area contributed by atoms with Crippen molar-refractivity contribution in [1.29, 1.82) is 0 Å². The average Bonchev–Trinajstić information content (AvgIpc) is 2.38. The smallest absolute Gasteiger partial charge is 0.122 e. The van der Waals surface area contributed by atoms with Crippen molar-refractivity contribution in [1.82, 2.24) is 4.90 Å². The second-order valence-corrected chi connectivity index (χ2v) is 4.88. The molecule has 2 rings (SSSR count). The lowest BCUT2D eigenvalue weighted by molar-refractivity contribution is 0.306. The van der Waals surface area contributed by atoms with Crippen LogP contribution >= 0.6 is 0 Å². The molecule has 0 unspecified atom stereocenters. The zero-order chi connectivity index (χ0) is 13.8. The molecule has 2 aromatic rings. The molecular formula is C16H19NO2. The van der Waals surface area contributed by atoms with Crippen LogP contribution in [0.1, 0.15) is 16.7 Å². The molecule has 3 nitrogen and oxygen atoms in total. The van der Waals surface area contributed by atoms with Gasteiger partial charge in [-0.3, -0.25) is 4.90 Å². The third-order valence-corrected chi connectivity index (χ3v) is 3.19. The Labute approximate surface area is 113 Å². The van der Waals surface area contributed by atoms with Crippen LogP contribution in [0.3, 0.4) is 0 Å². The Hall–Kier alpha value is -2.00. The van der Waals surface area contributed by atoms with E-state index in [1.807, 2.05) is 50.4 Å². The first-order valence-corrected chi connectivity index (χ1v) is 6.31. The van der Waals surface area contributed by atoms with Gasteiger partial charge in [-0.05, 0) is 25.6 Å². The predicted octanol–water partition coefficient (Wildman–Crippen LogP) is 3.04. The molecule has 0 amide bonds. The Morgan fingerprint density at radius 1 is 0.895 bits per heavy atom. The van der Waals surface area contributed by atoms with Gasteiger partial charge in [0.15, 0.2) is 0 Å². The summed E-state index contributed by atoms with van der Waals surface area (Å²) in [6.07, 6.45) is 0. The van der Waals surface area contributed by atoms with E-state index in [4.69, 9.17) is 0 Å². The van der Waals surface area contributed by atoms with Gasteiger partial charge in [0, 0.05) is 24.2 Å². The van der Waals surface area contributed by atoms with Crippen LogP contribution in [-0.2, 0) is 13.1 Å². The summed E-state index contributed by atoms with van der Waals surface area (Å²) in [6.45, 7) is 3.17. The van der Waals surface area contributed by atoms with Crippen molar-refractivity contribution in [3.63, 3.8) is 0 Å². The van der Waals surface area contributed by atoms with Gasteiger partial charge in [0.05, 0.1) is 0 Å². The molecule has 0 aliphatic rings. The van der Waals surface area contributed by atoms with Gasteiger partial charge in [-0.25, -0.2) is 0 Å². The normalized spacial score (nSPS) is 10.9. The first kappa shape index (κ1) is 13.4. The number of phenols is 2. The molecule has 100 valence electrons. The van der Waals surface area contributed by atoms with Crippen LogP contribution in [0, 0.1) is 6.92 Å². The Morgan fingerprint density at radius 2 is 1.53 bits per heavy atom. The van der Waals surface area contributed by atoms with Crippen LogP contribution in [0.25, 0.3) is 0 Å². The molecule has 3 heteroatoms. The quantitative estimate of drug-likeness (QED) is 0.884. The molecule has 0 radical (unpaired) electrons. The molecule has 0 spiro atoms. The standard InChI is InChI=1S/C16H19NO2/c1-12-6-5-8-14(16(12)19)11-17(2)10-13-7-3-4-9-15(13)18/h3-9,18-19H,10-11H2,1-2H3. The number of aryl methyl sites for hydroxylation is 1. The van der Waals surface area contributed by atoms with Crippen LogP contribution in [0.5, 0.6) is 11.5 Å². The lowest BCUT2D eigenvalue weighted by Gasteiger charge is -2.18. The molecule has 0 bridgehead atoms. The number of hydrogen-bond donors (Lipinski definition) is 2. The average molecular weight is 257 g/mol. The van der Waals surface area contributed by atoms with Gasteiger partial charge in [-0.2, -0.15) is 0 Å². The summed E-state index contributed by atoms with van der Waals surface area (Å²) in [7, 11) is 1.97. The summed E-state index contributed by atoms with van der Waals surface area (Å²) in [5.41, 5.74) is 2.67. The van der Waals surface area contributed by atoms with Gasteiger partial charge in [-0.15, -0.1) is 0 Å². The predicted molar refractivity (Wildman–Crippen MR) is 76.1 cm³/mol. The van der Waals surface area contributed by atoms with Gasteiger partial charge in [0.1, 0.15) is 11.5 Å². The highest BCUT2D eigenvalue weighted by Gasteiger charge is 2.09. The first-order valence-electron chi connectivity index (χ1n) is 6.31. The van der Waals surface area contributed by atoms with E-state index in [1.165, 1.54) is 0 Å². The summed E-state index contributed by atoms with van der Waals surface area (Å²) in [4.78, 5) is 2.06. The molecule has 0 saturated carbocycles. The van der Waals surface area contributed by atoms with Crippen molar-refractivity contribution in [2.75, 3.05) is 7.05 Å². The van der Waals surface area contributed by atoms with Crippen LogP contribution in [0.4, 0.5) is 0 Å². The molecule has 2 N–H and O–H groups in total. The molecule has 0 heterocycles. The summed E-state index contributed by atoms with van der Waals surface area (Å²) < 4.78 is 0. The van der Waals surface area contributed by atoms with Crippen LogP contribution in [0.15, 0.2) is 42.5 Å². The summed E-state index contributed by atoms with van der Waals surface area (Å²) in [5, 5.41) is 19.7. The molecule has 0 fully saturated rings. The van der Waals surface area contributed by atoms with Crippen molar-refractivity contribution < 1.29 is 10.2 Å². The highest BCUT2D eigenvalue weighted by molar-refractivity contribution is 5.39. The maximum Gasteiger partial charge on any atom is 0.122 e. The number of phenolic OH excluding ortho intramolecular Hbond substituents is 2. The van der Waals surface area contributed by atoms with E-state index >= 15 is 0 Å². The Kier molecular flexibility index (Phi) is 4.07. The Bertz CT molecular complexity index is 566. The Balaban J connectivity index is 2.08. The minimum Gasteiger partial charge on any atom is -0.508 e. The third-order valence-electron chi connectivity index (χ3n) is 3.19. The lowest BCUT2D eigenvalue weighted by atomic mass is 10.1. The van der Waals surface area contributed by atoms with Gasteiger partial charge in [0.2, 0.25) is 0 Å². The first-order chi connectivity index (χ1) is 9.08.